The van der Waals surface area contributed by atoms with Gasteiger partial charge in [0.1, 0.15) is 5.75 Å². The molecule has 0 radical (unpaired) electrons. The van der Waals surface area contributed by atoms with Crippen LogP contribution in [-0.2, 0) is 16.6 Å². The van der Waals surface area contributed by atoms with Gasteiger partial charge in [0.25, 0.3) is 0 Å². The molecular formula is C15H25NO4S. The summed E-state index contributed by atoms with van der Waals surface area (Å²) in [6, 6.07) is 4.46. The lowest BCUT2D eigenvalue weighted by Crippen LogP contribution is -2.33. The molecular weight excluding hydrogens is 290 g/mol. The summed E-state index contributed by atoms with van der Waals surface area (Å²) in [4.78, 5) is 0.133. The molecule has 1 atom stereocenters. The first-order valence-corrected chi connectivity index (χ1v) is 8.37. The standard InChI is InChI=1S/C15H25NO4S/c1-11(15(2,3)4)9-16-21(18,19)13-6-7-14(20-5)12(8-13)10-17/h6-8,11,16-17H,9-10H2,1-5H3. The molecule has 1 aromatic carbocycles. The van der Waals surface area contributed by atoms with Crippen molar-refractivity contribution >= 4 is 10.0 Å². The Balaban J connectivity index is 2.93. The van der Waals surface area contributed by atoms with Crippen LogP contribution in [0.4, 0.5) is 0 Å². The van der Waals surface area contributed by atoms with E-state index in [2.05, 4.69) is 25.5 Å². The van der Waals surface area contributed by atoms with Crippen LogP contribution in [0.3, 0.4) is 0 Å². The van der Waals surface area contributed by atoms with Crippen LogP contribution in [0, 0.1) is 11.3 Å². The number of sulfonamides is 1. The van der Waals surface area contributed by atoms with E-state index < -0.39 is 10.0 Å². The Bertz CT molecular complexity index is 576. The van der Waals surface area contributed by atoms with Gasteiger partial charge in [-0.3, -0.25) is 0 Å². The number of hydrogen-bond acceptors (Lipinski definition) is 4. The molecule has 0 spiro atoms. The fourth-order valence-electron chi connectivity index (χ4n) is 1.67. The maximum Gasteiger partial charge on any atom is 0.240 e. The van der Waals surface area contributed by atoms with Crippen LogP contribution in [-0.4, -0.2) is 27.2 Å². The van der Waals surface area contributed by atoms with Gasteiger partial charge in [-0.1, -0.05) is 27.7 Å². The third kappa shape index (κ3) is 4.69. The van der Waals surface area contributed by atoms with E-state index >= 15 is 0 Å². The van der Waals surface area contributed by atoms with Gasteiger partial charge in [-0.25, -0.2) is 13.1 Å². The van der Waals surface area contributed by atoms with Crippen molar-refractivity contribution in [3.05, 3.63) is 23.8 Å². The first kappa shape index (κ1) is 17.9. The maximum absolute atomic E-state index is 12.3. The van der Waals surface area contributed by atoms with Crippen molar-refractivity contribution in [3.63, 3.8) is 0 Å². The molecule has 21 heavy (non-hydrogen) atoms. The number of methoxy groups -OCH3 is 1. The molecule has 1 aromatic rings. The van der Waals surface area contributed by atoms with E-state index in [4.69, 9.17) is 4.74 Å². The van der Waals surface area contributed by atoms with Gasteiger partial charge in [0, 0.05) is 12.1 Å². The lowest BCUT2D eigenvalue weighted by atomic mass is 9.82. The van der Waals surface area contributed by atoms with E-state index in [1.807, 2.05) is 6.92 Å². The lowest BCUT2D eigenvalue weighted by Gasteiger charge is -2.27. The van der Waals surface area contributed by atoms with Gasteiger partial charge >= 0.3 is 0 Å². The number of benzene rings is 1. The molecule has 1 unspecified atom stereocenters. The minimum atomic E-state index is -3.59. The predicted octanol–water partition coefficient (Wildman–Crippen LogP) is 2.15. The number of rotatable bonds is 6. The van der Waals surface area contributed by atoms with Gasteiger partial charge in [0.2, 0.25) is 10.0 Å². The van der Waals surface area contributed by atoms with Crippen molar-refractivity contribution in [2.75, 3.05) is 13.7 Å². The highest BCUT2D eigenvalue weighted by molar-refractivity contribution is 7.89. The summed E-state index contributed by atoms with van der Waals surface area (Å²) in [6.45, 7) is 8.32. The van der Waals surface area contributed by atoms with E-state index in [-0.39, 0.29) is 22.8 Å². The van der Waals surface area contributed by atoms with Crippen molar-refractivity contribution in [3.8, 4) is 5.75 Å². The normalized spacial score (nSPS) is 14.0. The zero-order chi connectivity index (χ0) is 16.3. The first-order valence-electron chi connectivity index (χ1n) is 6.89. The Hall–Kier alpha value is -1.11. The van der Waals surface area contributed by atoms with Gasteiger partial charge in [0.05, 0.1) is 18.6 Å². The fourth-order valence-corrected chi connectivity index (χ4v) is 2.85. The van der Waals surface area contributed by atoms with E-state index in [0.717, 1.165) is 0 Å². The minimum Gasteiger partial charge on any atom is -0.496 e. The summed E-state index contributed by atoms with van der Waals surface area (Å²) >= 11 is 0. The topological polar surface area (TPSA) is 75.6 Å². The van der Waals surface area contributed by atoms with Gasteiger partial charge in [-0.15, -0.1) is 0 Å². The van der Waals surface area contributed by atoms with Crippen LogP contribution in [0.1, 0.15) is 33.3 Å². The molecule has 0 amide bonds. The van der Waals surface area contributed by atoms with Gasteiger partial charge < -0.3 is 9.84 Å². The Morgan fingerprint density at radius 2 is 1.95 bits per heavy atom. The molecule has 0 aromatic heterocycles. The monoisotopic (exact) mass is 315 g/mol. The van der Waals surface area contributed by atoms with Crippen molar-refractivity contribution in [2.45, 2.75) is 39.2 Å². The average Bonchev–Trinajstić information content (AvgIpc) is 2.42. The highest BCUT2D eigenvalue weighted by Gasteiger charge is 2.23. The smallest absolute Gasteiger partial charge is 0.240 e. The van der Waals surface area contributed by atoms with Crippen LogP contribution in [0.15, 0.2) is 23.1 Å². The highest BCUT2D eigenvalue weighted by Crippen LogP contribution is 2.26. The van der Waals surface area contributed by atoms with Crippen molar-refractivity contribution in [1.29, 1.82) is 0 Å². The minimum absolute atomic E-state index is 0.0265. The summed E-state index contributed by atoms with van der Waals surface area (Å²) in [7, 11) is -2.11. The number of aliphatic hydroxyl groups is 1. The fraction of sp³-hybridized carbons (Fsp3) is 0.600. The van der Waals surface area contributed by atoms with Gasteiger partial charge in [-0.2, -0.15) is 0 Å². The number of ether oxygens (including phenoxy) is 1. The second-order valence-corrected chi connectivity index (χ2v) is 8.02. The number of hydrogen-bond donors (Lipinski definition) is 2. The van der Waals surface area contributed by atoms with Crippen LogP contribution in [0.2, 0.25) is 0 Å². The largest absolute Gasteiger partial charge is 0.496 e. The highest BCUT2D eigenvalue weighted by atomic mass is 32.2. The molecule has 1 rings (SSSR count). The van der Waals surface area contributed by atoms with Gasteiger partial charge in [-0.05, 0) is 29.5 Å². The van der Waals surface area contributed by atoms with Crippen molar-refractivity contribution < 1.29 is 18.3 Å². The molecule has 0 bridgehead atoms. The van der Waals surface area contributed by atoms with Crippen molar-refractivity contribution in [2.24, 2.45) is 11.3 Å². The van der Waals surface area contributed by atoms with E-state index in [9.17, 15) is 13.5 Å². The molecule has 0 saturated carbocycles. The van der Waals surface area contributed by atoms with Crippen LogP contribution < -0.4 is 9.46 Å². The molecule has 120 valence electrons. The molecule has 0 aliphatic rings. The SMILES string of the molecule is COc1ccc(S(=O)(=O)NCC(C)C(C)(C)C)cc1CO. The van der Waals surface area contributed by atoms with Gasteiger partial charge in [0.15, 0.2) is 0 Å². The van der Waals surface area contributed by atoms with Crippen LogP contribution in [0.25, 0.3) is 0 Å². The van der Waals surface area contributed by atoms with Crippen LogP contribution in [0.5, 0.6) is 5.75 Å². The predicted molar refractivity (Wildman–Crippen MR) is 82.7 cm³/mol. The molecule has 0 heterocycles. The molecule has 0 aliphatic carbocycles. The van der Waals surface area contributed by atoms with Crippen molar-refractivity contribution in [1.82, 2.24) is 4.72 Å². The molecule has 6 heteroatoms. The second-order valence-electron chi connectivity index (χ2n) is 6.25. The Morgan fingerprint density at radius 1 is 1.33 bits per heavy atom. The van der Waals surface area contributed by atoms with E-state index in [0.29, 0.717) is 17.9 Å². The first-order chi connectivity index (χ1) is 9.61. The summed E-state index contributed by atoms with van der Waals surface area (Å²) in [5, 5.41) is 9.27. The zero-order valence-corrected chi connectivity index (χ0v) is 14.1. The summed E-state index contributed by atoms with van der Waals surface area (Å²) in [5.41, 5.74) is 0.475. The Labute approximate surface area is 127 Å². The third-order valence-corrected chi connectivity index (χ3v) is 5.21. The molecule has 5 nitrogen and oxygen atoms in total. The second kappa shape index (κ2) is 6.77. The maximum atomic E-state index is 12.3. The Kier molecular flexibility index (Phi) is 5.78. The molecule has 0 fully saturated rings. The molecule has 0 saturated heterocycles. The van der Waals surface area contributed by atoms with E-state index in [1.165, 1.54) is 19.2 Å². The summed E-state index contributed by atoms with van der Waals surface area (Å²) < 4.78 is 32.3. The average molecular weight is 315 g/mol. The number of nitrogens with one attached hydrogen (secondary N) is 1. The van der Waals surface area contributed by atoms with Crippen LogP contribution >= 0.6 is 0 Å². The van der Waals surface area contributed by atoms with E-state index in [1.54, 1.807) is 6.07 Å². The third-order valence-electron chi connectivity index (χ3n) is 3.79. The summed E-state index contributed by atoms with van der Waals surface area (Å²) in [5.74, 6) is 0.669. The lowest BCUT2D eigenvalue weighted by molar-refractivity contribution is 0.263. The quantitative estimate of drug-likeness (QED) is 0.843. The number of aliphatic hydroxyl groups excluding tert-OH is 1. The zero-order valence-electron chi connectivity index (χ0n) is 13.3. The molecule has 0 aliphatic heterocycles. The summed E-state index contributed by atoms with van der Waals surface area (Å²) in [6.07, 6.45) is 0. The molecule has 2 N–H and O–H groups in total. The Morgan fingerprint density at radius 3 is 2.43 bits per heavy atom.